The highest BCUT2D eigenvalue weighted by atomic mass is 35.5. The van der Waals surface area contributed by atoms with Gasteiger partial charge in [-0.15, -0.1) is 22.9 Å². The van der Waals surface area contributed by atoms with Crippen molar-refractivity contribution >= 4 is 40.4 Å². The van der Waals surface area contributed by atoms with Gasteiger partial charge in [0.1, 0.15) is 17.7 Å². The van der Waals surface area contributed by atoms with Crippen LogP contribution in [0.1, 0.15) is 48.6 Å². The van der Waals surface area contributed by atoms with Gasteiger partial charge >= 0.3 is 0 Å². The Morgan fingerprint density at radius 3 is 2.66 bits per heavy atom. The number of ether oxygens (including phenoxy) is 1. The van der Waals surface area contributed by atoms with Crippen LogP contribution in [0.2, 0.25) is 0 Å². The molecule has 0 saturated heterocycles. The minimum absolute atomic E-state index is 0.145. The van der Waals surface area contributed by atoms with E-state index < -0.39 is 6.04 Å². The molecule has 1 saturated carbocycles. The first kappa shape index (κ1) is 21.7. The Kier molecular flexibility index (Phi) is 7.56. The minimum atomic E-state index is -0.793. The number of carbonyl (C=O) groups excluding carboxylic acids is 2. The summed E-state index contributed by atoms with van der Waals surface area (Å²) in [5, 5.41) is 5.09. The van der Waals surface area contributed by atoms with Crippen LogP contribution < -0.4 is 15.0 Å². The Balaban J connectivity index is 2.03. The lowest BCUT2D eigenvalue weighted by Crippen LogP contribution is -2.47. The molecule has 0 aliphatic heterocycles. The van der Waals surface area contributed by atoms with Crippen molar-refractivity contribution in [3.8, 4) is 5.75 Å². The summed E-state index contributed by atoms with van der Waals surface area (Å²) >= 11 is 7.42. The molecule has 1 heterocycles. The largest absolute Gasteiger partial charge is 0.495 e. The van der Waals surface area contributed by atoms with Crippen LogP contribution in [-0.2, 0) is 9.59 Å². The first-order chi connectivity index (χ1) is 14.0. The second kappa shape index (κ2) is 10.1. The molecule has 1 aliphatic carbocycles. The van der Waals surface area contributed by atoms with Crippen molar-refractivity contribution in [3.05, 3.63) is 46.2 Å². The number of aryl methyl sites for hydroxylation is 1. The van der Waals surface area contributed by atoms with Gasteiger partial charge in [-0.1, -0.05) is 31.4 Å². The number of alkyl halides is 1. The highest BCUT2D eigenvalue weighted by molar-refractivity contribution is 7.10. The second-order valence-corrected chi connectivity index (χ2v) is 8.58. The van der Waals surface area contributed by atoms with Crippen molar-refractivity contribution in [2.45, 2.75) is 51.1 Å². The van der Waals surface area contributed by atoms with Gasteiger partial charge in [0.15, 0.2) is 0 Å². The number of hydrogen-bond acceptors (Lipinski definition) is 4. The number of nitrogens with zero attached hydrogens (tertiary/aromatic N) is 1. The Hall–Kier alpha value is -2.05. The van der Waals surface area contributed by atoms with Gasteiger partial charge in [0.2, 0.25) is 11.8 Å². The van der Waals surface area contributed by atoms with E-state index in [-0.39, 0.29) is 23.7 Å². The van der Waals surface area contributed by atoms with Gasteiger partial charge in [-0.2, -0.15) is 0 Å². The number of amides is 2. The molecule has 5 nitrogen and oxygen atoms in total. The number of methoxy groups -OCH3 is 1. The SMILES string of the molecule is COc1ccc(C)cc1N(C(=O)CCl)C(C(=O)NC1CCCCC1)c1cccs1. The summed E-state index contributed by atoms with van der Waals surface area (Å²) < 4.78 is 5.51. The molecule has 1 atom stereocenters. The summed E-state index contributed by atoms with van der Waals surface area (Å²) in [5.74, 6) is -0.217. The molecule has 29 heavy (non-hydrogen) atoms. The molecule has 1 aromatic heterocycles. The zero-order valence-corrected chi connectivity index (χ0v) is 18.4. The van der Waals surface area contributed by atoms with Crippen molar-refractivity contribution in [2.24, 2.45) is 0 Å². The lowest BCUT2D eigenvalue weighted by molar-refractivity contribution is -0.126. The third-order valence-corrected chi connectivity index (χ3v) is 6.40. The lowest BCUT2D eigenvalue weighted by Gasteiger charge is -2.33. The maximum absolute atomic E-state index is 13.4. The molecule has 2 amide bonds. The van der Waals surface area contributed by atoms with E-state index in [1.54, 1.807) is 7.11 Å². The Bertz CT molecular complexity index is 835. The van der Waals surface area contributed by atoms with E-state index in [1.807, 2.05) is 42.6 Å². The van der Waals surface area contributed by atoms with E-state index in [2.05, 4.69) is 5.32 Å². The smallest absolute Gasteiger partial charge is 0.248 e. The molecule has 7 heteroatoms. The predicted octanol–water partition coefficient (Wildman–Crippen LogP) is 4.83. The number of halogens is 1. The van der Waals surface area contributed by atoms with E-state index in [9.17, 15) is 9.59 Å². The van der Waals surface area contributed by atoms with E-state index in [1.165, 1.54) is 22.7 Å². The van der Waals surface area contributed by atoms with Crippen molar-refractivity contribution in [1.29, 1.82) is 0 Å². The quantitative estimate of drug-likeness (QED) is 0.635. The van der Waals surface area contributed by atoms with Gasteiger partial charge < -0.3 is 10.1 Å². The van der Waals surface area contributed by atoms with E-state index in [0.717, 1.165) is 36.1 Å². The topological polar surface area (TPSA) is 58.6 Å². The molecule has 156 valence electrons. The lowest BCUT2D eigenvalue weighted by atomic mass is 9.95. The van der Waals surface area contributed by atoms with Gasteiger partial charge in [-0.3, -0.25) is 14.5 Å². The number of rotatable bonds is 7. The highest BCUT2D eigenvalue weighted by Crippen LogP contribution is 2.37. The fourth-order valence-electron chi connectivity index (χ4n) is 3.82. The molecule has 2 aromatic rings. The zero-order valence-electron chi connectivity index (χ0n) is 16.8. The maximum Gasteiger partial charge on any atom is 0.248 e. The van der Waals surface area contributed by atoms with Crippen LogP contribution in [0.15, 0.2) is 35.7 Å². The Labute approximate surface area is 181 Å². The normalized spacial score (nSPS) is 15.6. The summed E-state index contributed by atoms with van der Waals surface area (Å²) in [6, 6.07) is 8.70. The molecule has 0 spiro atoms. The summed E-state index contributed by atoms with van der Waals surface area (Å²) in [7, 11) is 1.56. The van der Waals surface area contributed by atoms with E-state index in [4.69, 9.17) is 16.3 Å². The second-order valence-electron chi connectivity index (χ2n) is 7.33. The van der Waals surface area contributed by atoms with Crippen LogP contribution in [0, 0.1) is 6.92 Å². The summed E-state index contributed by atoms with van der Waals surface area (Å²) in [5.41, 5.74) is 1.51. The van der Waals surface area contributed by atoms with E-state index >= 15 is 0 Å². The van der Waals surface area contributed by atoms with Crippen LogP contribution in [0.4, 0.5) is 5.69 Å². The third-order valence-electron chi connectivity index (χ3n) is 5.25. The van der Waals surface area contributed by atoms with Crippen molar-refractivity contribution in [2.75, 3.05) is 17.9 Å². The van der Waals surface area contributed by atoms with E-state index in [0.29, 0.717) is 11.4 Å². The van der Waals surface area contributed by atoms with Crippen LogP contribution in [-0.4, -0.2) is 30.8 Å². The van der Waals surface area contributed by atoms with Gasteiger partial charge in [-0.05, 0) is 48.9 Å². The van der Waals surface area contributed by atoms with Crippen LogP contribution in [0.3, 0.4) is 0 Å². The number of thiophene rings is 1. The molecule has 1 aromatic carbocycles. The molecule has 1 aliphatic rings. The predicted molar refractivity (Wildman–Crippen MR) is 118 cm³/mol. The van der Waals surface area contributed by atoms with Crippen molar-refractivity contribution in [1.82, 2.24) is 5.32 Å². The van der Waals surface area contributed by atoms with Crippen molar-refractivity contribution < 1.29 is 14.3 Å². The molecule has 0 radical (unpaired) electrons. The number of anilines is 1. The van der Waals surface area contributed by atoms with Gasteiger partial charge in [0, 0.05) is 10.9 Å². The van der Waals surface area contributed by atoms with Crippen LogP contribution in [0.5, 0.6) is 5.75 Å². The molecule has 0 bridgehead atoms. The molecule has 3 rings (SSSR count). The Morgan fingerprint density at radius 1 is 1.28 bits per heavy atom. The third kappa shape index (κ3) is 5.11. The van der Waals surface area contributed by atoms with Gasteiger partial charge in [0.25, 0.3) is 0 Å². The molecule has 1 fully saturated rings. The molecule has 1 N–H and O–H groups in total. The van der Waals surface area contributed by atoms with Crippen molar-refractivity contribution in [3.63, 3.8) is 0 Å². The molecular weight excluding hydrogens is 408 g/mol. The van der Waals surface area contributed by atoms with Crippen LogP contribution >= 0.6 is 22.9 Å². The highest BCUT2D eigenvalue weighted by Gasteiger charge is 2.35. The monoisotopic (exact) mass is 434 g/mol. The summed E-state index contributed by atoms with van der Waals surface area (Å²) in [6.45, 7) is 1.94. The number of nitrogens with one attached hydrogen (secondary N) is 1. The van der Waals surface area contributed by atoms with Gasteiger partial charge in [0.05, 0.1) is 12.8 Å². The van der Waals surface area contributed by atoms with Crippen LogP contribution in [0.25, 0.3) is 0 Å². The standard InChI is InChI=1S/C22H27ClN2O3S/c1-15-10-11-18(28-2)17(13-15)25(20(26)14-23)21(19-9-6-12-29-19)22(27)24-16-7-4-3-5-8-16/h6,9-13,16,21H,3-5,7-8,14H2,1-2H3,(H,24,27). The Morgan fingerprint density at radius 2 is 2.03 bits per heavy atom. The zero-order chi connectivity index (χ0) is 20.8. The first-order valence-electron chi connectivity index (χ1n) is 9.91. The average Bonchev–Trinajstić information content (AvgIpc) is 3.26. The molecule has 1 unspecified atom stereocenters. The number of carbonyl (C=O) groups is 2. The fraction of sp³-hybridized carbons (Fsp3) is 0.455. The fourth-order valence-corrected chi connectivity index (χ4v) is 4.76. The summed E-state index contributed by atoms with van der Waals surface area (Å²) in [4.78, 5) is 28.7. The minimum Gasteiger partial charge on any atom is -0.495 e. The average molecular weight is 435 g/mol. The first-order valence-corrected chi connectivity index (χ1v) is 11.3. The number of hydrogen-bond donors (Lipinski definition) is 1. The summed E-state index contributed by atoms with van der Waals surface area (Å²) in [6.07, 6.45) is 5.38. The maximum atomic E-state index is 13.4. The number of benzene rings is 1. The van der Waals surface area contributed by atoms with Gasteiger partial charge in [-0.25, -0.2) is 0 Å². The molecular formula is C22H27ClN2O3S.